The van der Waals surface area contributed by atoms with Gasteiger partial charge in [0.2, 0.25) is 0 Å². The number of rotatable bonds is 2. The molecule has 3 heteroatoms. The fraction of sp³-hybridized carbons (Fsp3) is 0.941. The maximum absolute atomic E-state index is 12.1. The Hall–Kier alpha value is -0.570. The average molecular weight is 282 g/mol. The van der Waals surface area contributed by atoms with Crippen molar-refractivity contribution < 1.29 is 15.0 Å². The molecule has 3 nitrogen and oxygen atoms in total. The standard InChI is InChI=1S/C17H30O3/c18-15-10-6-7-12-17(13-11-15,16(19)20)14-8-4-2-1-3-5-9-14/h14-15,18H,1-13H2,(H,19,20). The van der Waals surface area contributed by atoms with Gasteiger partial charge < -0.3 is 10.2 Å². The Morgan fingerprint density at radius 1 is 0.800 bits per heavy atom. The van der Waals surface area contributed by atoms with Crippen molar-refractivity contribution in [3.8, 4) is 0 Å². The summed E-state index contributed by atoms with van der Waals surface area (Å²) in [5.74, 6) is -0.275. The lowest BCUT2D eigenvalue weighted by Crippen LogP contribution is -2.41. The lowest BCUT2D eigenvalue weighted by Gasteiger charge is -2.40. The Balaban J connectivity index is 2.14. The Morgan fingerprint density at radius 2 is 1.40 bits per heavy atom. The van der Waals surface area contributed by atoms with Crippen LogP contribution in [0, 0.1) is 11.3 Å². The second-order valence-electron chi connectivity index (χ2n) is 6.94. The highest BCUT2D eigenvalue weighted by Gasteiger charge is 2.45. The Bertz CT molecular complexity index is 307. The summed E-state index contributed by atoms with van der Waals surface area (Å²) in [6, 6.07) is 0. The van der Waals surface area contributed by atoms with Gasteiger partial charge in [-0.05, 0) is 44.4 Å². The zero-order chi connectivity index (χ0) is 14.4. The van der Waals surface area contributed by atoms with E-state index in [1.165, 1.54) is 32.1 Å². The molecule has 0 spiro atoms. The maximum atomic E-state index is 12.1. The minimum atomic E-state index is -0.600. The SMILES string of the molecule is O=C(O)C1(C2CCCCCCC2)CCCCC(O)CC1. The zero-order valence-electron chi connectivity index (χ0n) is 12.6. The summed E-state index contributed by atoms with van der Waals surface area (Å²) < 4.78 is 0. The van der Waals surface area contributed by atoms with Gasteiger partial charge in [0.25, 0.3) is 0 Å². The molecule has 20 heavy (non-hydrogen) atoms. The Kier molecular flexibility index (Phi) is 5.88. The summed E-state index contributed by atoms with van der Waals surface area (Å²) >= 11 is 0. The lowest BCUT2D eigenvalue weighted by atomic mass is 9.64. The number of aliphatic hydroxyl groups is 1. The maximum Gasteiger partial charge on any atom is 0.309 e. The van der Waals surface area contributed by atoms with Crippen molar-refractivity contribution in [2.24, 2.45) is 11.3 Å². The molecule has 2 aliphatic rings. The van der Waals surface area contributed by atoms with Crippen molar-refractivity contribution in [2.45, 2.75) is 89.6 Å². The molecule has 2 fully saturated rings. The third kappa shape index (κ3) is 3.75. The van der Waals surface area contributed by atoms with E-state index in [1.54, 1.807) is 0 Å². The topological polar surface area (TPSA) is 57.5 Å². The Morgan fingerprint density at radius 3 is 2.05 bits per heavy atom. The quantitative estimate of drug-likeness (QED) is 0.800. The first-order valence-corrected chi connectivity index (χ1v) is 8.56. The van der Waals surface area contributed by atoms with E-state index in [0.29, 0.717) is 18.8 Å². The van der Waals surface area contributed by atoms with Gasteiger partial charge in [-0.25, -0.2) is 0 Å². The molecule has 0 radical (unpaired) electrons. The smallest absolute Gasteiger partial charge is 0.309 e. The molecule has 0 bridgehead atoms. The fourth-order valence-electron chi connectivity index (χ4n) is 4.32. The van der Waals surface area contributed by atoms with Crippen LogP contribution in [0.15, 0.2) is 0 Å². The lowest BCUT2D eigenvalue weighted by molar-refractivity contribution is -0.156. The van der Waals surface area contributed by atoms with E-state index >= 15 is 0 Å². The molecule has 2 aliphatic carbocycles. The summed E-state index contributed by atoms with van der Waals surface area (Å²) in [4.78, 5) is 12.1. The van der Waals surface area contributed by atoms with Crippen LogP contribution in [0.25, 0.3) is 0 Å². The Labute approximate surface area is 122 Å². The van der Waals surface area contributed by atoms with E-state index in [9.17, 15) is 15.0 Å². The minimum absolute atomic E-state index is 0.289. The van der Waals surface area contributed by atoms with Crippen LogP contribution in [-0.4, -0.2) is 22.3 Å². The van der Waals surface area contributed by atoms with Crippen molar-refractivity contribution in [1.29, 1.82) is 0 Å². The largest absolute Gasteiger partial charge is 0.481 e. The molecule has 0 aliphatic heterocycles. The van der Waals surface area contributed by atoms with Crippen molar-refractivity contribution >= 4 is 5.97 Å². The third-order valence-electron chi connectivity index (χ3n) is 5.65. The molecule has 0 amide bonds. The van der Waals surface area contributed by atoms with Gasteiger partial charge >= 0.3 is 5.97 Å². The molecule has 0 heterocycles. The second-order valence-corrected chi connectivity index (χ2v) is 6.94. The van der Waals surface area contributed by atoms with Gasteiger partial charge in [-0.2, -0.15) is 0 Å². The molecule has 2 saturated carbocycles. The number of aliphatic hydroxyl groups excluding tert-OH is 1. The van der Waals surface area contributed by atoms with Crippen LogP contribution < -0.4 is 0 Å². The molecule has 2 unspecified atom stereocenters. The molecule has 2 rings (SSSR count). The minimum Gasteiger partial charge on any atom is -0.481 e. The van der Waals surface area contributed by atoms with Crippen molar-refractivity contribution in [3.63, 3.8) is 0 Å². The fourth-order valence-corrected chi connectivity index (χ4v) is 4.32. The molecule has 0 aromatic heterocycles. The van der Waals surface area contributed by atoms with Gasteiger partial charge in [-0.15, -0.1) is 0 Å². The van der Waals surface area contributed by atoms with E-state index in [-0.39, 0.29) is 6.10 Å². The number of aliphatic carboxylic acids is 1. The van der Waals surface area contributed by atoms with Crippen molar-refractivity contribution in [3.05, 3.63) is 0 Å². The van der Waals surface area contributed by atoms with Gasteiger partial charge in [0.1, 0.15) is 0 Å². The van der Waals surface area contributed by atoms with E-state index in [2.05, 4.69) is 0 Å². The molecule has 2 N–H and O–H groups in total. The zero-order valence-corrected chi connectivity index (χ0v) is 12.6. The molecule has 0 saturated heterocycles. The van der Waals surface area contributed by atoms with Crippen molar-refractivity contribution in [2.75, 3.05) is 0 Å². The van der Waals surface area contributed by atoms with Crippen LogP contribution in [0.5, 0.6) is 0 Å². The van der Waals surface area contributed by atoms with Crippen LogP contribution in [0.1, 0.15) is 83.5 Å². The first-order chi connectivity index (χ1) is 9.65. The van der Waals surface area contributed by atoms with Crippen LogP contribution in [0.4, 0.5) is 0 Å². The van der Waals surface area contributed by atoms with E-state index in [1.807, 2.05) is 0 Å². The van der Waals surface area contributed by atoms with Crippen LogP contribution in [0.3, 0.4) is 0 Å². The predicted molar refractivity (Wildman–Crippen MR) is 79.6 cm³/mol. The number of hydrogen-bond acceptors (Lipinski definition) is 2. The monoisotopic (exact) mass is 282 g/mol. The van der Waals surface area contributed by atoms with E-state index < -0.39 is 11.4 Å². The molecule has 0 aromatic carbocycles. The molecular formula is C17H30O3. The highest BCUT2D eigenvalue weighted by molar-refractivity contribution is 5.75. The van der Waals surface area contributed by atoms with Gasteiger partial charge in [-0.1, -0.05) is 44.9 Å². The highest BCUT2D eigenvalue weighted by atomic mass is 16.4. The second kappa shape index (κ2) is 7.44. The van der Waals surface area contributed by atoms with Crippen LogP contribution in [-0.2, 0) is 4.79 Å². The summed E-state index contributed by atoms with van der Waals surface area (Å²) in [5.41, 5.74) is -0.557. The van der Waals surface area contributed by atoms with E-state index in [0.717, 1.165) is 38.5 Å². The number of hydrogen-bond donors (Lipinski definition) is 2. The first-order valence-electron chi connectivity index (χ1n) is 8.56. The number of carbonyl (C=O) groups is 1. The molecule has 0 aromatic rings. The van der Waals surface area contributed by atoms with Gasteiger partial charge in [0, 0.05) is 0 Å². The summed E-state index contributed by atoms with van der Waals surface area (Å²) in [6.07, 6.45) is 13.0. The van der Waals surface area contributed by atoms with Crippen LogP contribution >= 0.6 is 0 Å². The average Bonchev–Trinajstić information content (AvgIpc) is 2.35. The number of carboxylic acid groups (broad SMARTS) is 1. The summed E-state index contributed by atoms with van der Waals surface area (Å²) in [5, 5.41) is 19.9. The van der Waals surface area contributed by atoms with Gasteiger partial charge in [0.05, 0.1) is 11.5 Å². The number of carboxylic acids is 1. The highest BCUT2D eigenvalue weighted by Crippen LogP contribution is 2.46. The predicted octanol–water partition coefficient (Wildman–Crippen LogP) is 4.13. The van der Waals surface area contributed by atoms with Crippen molar-refractivity contribution in [1.82, 2.24) is 0 Å². The van der Waals surface area contributed by atoms with Gasteiger partial charge in [-0.3, -0.25) is 4.79 Å². The molecular weight excluding hydrogens is 252 g/mol. The molecule has 2 atom stereocenters. The third-order valence-corrected chi connectivity index (χ3v) is 5.65. The first kappa shape index (κ1) is 15.8. The molecule has 116 valence electrons. The summed E-state index contributed by atoms with van der Waals surface area (Å²) in [7, 11) is 0. The van der Waals surface area contributed by atoms with Crippen LogP contribution in [0.2, 0.25) is 0 Å². The normalized spacial score (nSPS) is 34.5. The summed E-state index contributed by atoms with van der Waals surface area (Å²) in [6.45, 7) is 0. The van der Waals surface area contributed by atoms with Gasteiger partial charge in [0.15, 0.2) is 0 Å². The van der Waals surface area contributed by atoms with E-state index in [4.69, 9.17) is 0 Å².